The van der Waals surface area contributed by atoms with Crippen molar-refractivity contribution in [2.45, 2.75) is 12.7 Å². The summed E-state index contributed by atoms with van der Waals surface area (Å²) in [6.07, 6.45) is 0. The third-order valence-electron chi connectivity index (χ3n) is 2.91. The summed E-state index contributed by atoms with van der Waals surface area (Å²) in [4.78, 5) is 11.8. The Kier molecular flexibility index (Phi) is 5.38. The van der Waals surface area contributed by atoms with Gasteiger partial charge in [0.15, 0.2) is 0 Å². The van der Waals surface area contributed by atoms with E-state index in [0.717, 1.165) is 23.3 Å². The van der Waals surface area contributed by atoms with Crippen LogP contribution >= 0.6 is 0 Å². The van der Waals surface area contributed by atoms with E-state index in [9.17, 15) is 17.8 Å². The highest BCUT2D eigenvalue weighted by molar-refractivity contribution is 7.84. The summed E-state index contributed by atoms with van der Waals surface area (Å²) < 4.78 is 38.1. The van der Waals surface area contributed by atoms with Gasteiger partial charge in [-0.1, -0.05) is 29.8 Å². The summed E-state index contributed by atoms with van der Waals surface area (Å²) in [6, 6.07) is 10.4. The predicted octanol–water partition coefficient (Wildman–Crippen LogP) is 3.16. The molecule has 22 heavy (non-hydrogen) atoms. The van der Waals surface area contributed by atoms with Gasteiger partial charge in [0.25, 0.3) is 0 Å². The molecular formula is C16H15F2NO2S. The van der Waals surface area contributed by atoms with Crippen molar-refractivity contribution in [2.75, 3.05) is 11.1 Å². The van der Waals surface area contributed by atoms with Gasteiger partial charge >= 0.3 is 0 Å². The number of rotatable bonds is 5. The number of carbonyl (C=O) groups excluding carboxylic acids is 1. The molecule has 1 N–H and O–H groups in total. The van der Waals surface area contributed by atoms with Crippen LogP contribution in [0.15, 0.2) is 42.5 Å². The van der Waals surface area contributed by atoms with E-state index in [1.54, 1.807) is 0 Å². The molecule has 3 nitrogen and oxygen atoms in total. The van der Waals surface area contributed by atoms with E-state index in [-0.39, 0.29) is 17.2 Å². The second kappa shape index (κ2) is 7.26. The van der Waals surface area contributed by atoms with Gasteiger partial charge in [0.05, 0.1) is 5.69 Å². The highest BCUT2D eigenvalue weighted by Crippen LogP contribution is 2.15. The third-order valence-corrected chi connectivity index (χ3v) is 4.15. The standard InChI is InChI=1S/C16H15F2NO2S/c1-11-3-2-4-12(7-11)9-22(21)10-16(20)19-15-6-5-13(17)8-14(15)18/h2-8H,9-10H2,1H3,(H,19,20)/t22-/m0/s1. The maximum absolute atomic E-state index is 13.4. The fourth-order valence-corrected chi connectivity index (χ4v) is 2.98. The van der Waals surface area contributed by atoms with Crippen LogP contribution in [-0.4, -0.2) is 15.9 Å². The Bertz CT molecular complexity index is 719. The fourth-order valence-electron chi connectivity index (χ4n) is 1.96. The third kappa shape index (κ3) is 4.73. The number of amides is 1. The lowest BCUT2D eigenvalue weighted by Gasteiger charge is -2.07. The van der Waals surface area contributed by atoms with E-state index >= 15 is 0 Å². The quantitative estimate of drug-likeness (QED) is 0.919. The van der Waals surface area contributed by atoms with Crippen molar-refractivity contribution < 1.29 is 17.8 Å². The minimum absolute atomic E-state index is 0.126. The van der Waals surface area contributed by atoms with Crippen molar-refractivity contribution in [2.24, 2.45) is 0 Å². The molecule has 0 aliphatic rings. The predicted molar refractivity (Wildman–Crippen MR) is 82.9 cm³/mol. The Hall–Kier alpha value is -2.08. The lowest BCUT2D eigenvalue weighted by molar-refractivity contribution is -0.113. The Morgan fingerprint density at radius 1 is 1.18 bits per heavy atom. The first-order chi connectivity index (χ1) is 10.4. The Morgan fingerprint density at radius 2 is 1.95 bits per heavy atom. The van der Waals surface area contributed by atoms with Crippen molar-refractivity contribution in [3.8, 4) is 0 Å². The first-order valence-corrected chi connectivity index (χ1v) is 8.08. The molecular weight excluding hydrogens is 308 g/mol. The van der Waals surface area contributed by atoms with Gasteiger partial charge in [0, 0.05) is 22.6 Å². The fraction of sp³-hybridized carbons (Fsp3) is 0.188. The van der Waals surface area contributed by atoms with E-state index in [1.165, 1.54) is 0 Å². The van der Waals surface area contributed by atoms with Gasteiger partial charge in [-0.05, 0) is 24.6 Å². The average molecular weight is 323 g/mol. The van der Waals surface area contributed by atoms with Crippen LogP contribution in [-0.2, 0) is 21.3 Å². The maximum Gasteiger partial charge on any atom is 0.237 e. The van der Waals surface area contributed by atoms with E-state index < -0.39 is 28.3 Å². The summed E-state index contributed by atoms with van der Waals surface area (Å²) >= 11 is 0. The summed E-state index contributed by atoms with van der Waals surface area (Å²) in [6.45, 7) is 1.93. The monoisotopic (exact) mass is 323 g/mol. The average Bonchev–Trinajstić information content (AvgIpc) is 2.41. The zero-order chi connectivity index (χ0) is 16.1. The molecule has 0 unspecified atom stereocenters. The van der Waals surface area contributed by atoms with Crippen LogP contribution in [0.4, 0.5) is 14.5 Å². The molecule has 1 amide bonds. The maximum atomic E-state index is 13.4. The van der Waals surface area contributed by atoms with Gasteiger partial charge in [-0.15, -0.1) is 0 Å². The smallest absolute Gasteiger partial charge is 0.237 e. The number of anilines is 1. The van der Waals surface area contributed by atoms with E-state index in [1.807, 2.05) is 31.2 Å². The van der Waals surface area contributed by atoms with Crippen LogP contribution in [0.25, 0.3) is 0 Å². The molecule has 2 aromatic carbocycles. The minimum atomic E-state index is -1.40. The number of aryl methyl sites for hydroxylation is 1. The van der Waals surface area contributed by atoms with Crippen molar-refractivity contribution in [1.29, 1.82) is 0 Å². The van der Waals surface area contributed by atoms with E-state index in [4.69, 9.17) is 0 Å². The van der Waals surface area contributed by atoms with Crippen LogP contribution in [0.5, 0.6) is 0 Å². The molecule has 2 rings (SSSR count). The van der Waals surface area contributed by atoms with Gasteiger partial charge in [-0.3, -0.25) is 9.00 Å². The summed E-state index contributed by atoms with van der Waals surface area (Å²) in [5.41, 5.74) is 1.80. The molecule has 0 spiro atoms. The lowest BCUT2D eigenvalue weighted by atomic mass is 10.2. The van der Waals surface area contributed by atoms with Gasteiger partial charge < -0.3 is 5.32 Å². The highest BCUT2D eigenvalue weighted by atomic mass is 32.2. The largest absolute Gasteiger partial charge is 0.323 e. The number of carbonyl (C=O) groups is 1. The molecule has 0 saturated carbocycles. The van der Waals surface area contributed by atoms with Crippen molar-refractivity contribution in [3.63, 3.8) is 0 Å². The zero-order valence-electron chi connectivity index (χ0n) is 11.9. The minimum Gasteiger partial charge on any atom is -0.323 e. The molecule has 116 valence electrons. The zero-order valence-corrected chi connectivity index (χ0v) is 12.8. The number of nitrogens with one attached hydrogen (secondary N) is 1. The number of benzene rings is 2. The molecule has 0 saturated heterocycles. The van der Waals surface area contributed by atoms with Crippen LogP contribution in [0.3, 0.4) is 0 Å². The molecule has 1 atom stereocenters. The Labute approximate surface area is 129 Å². The second-order valence-corrected chi connectivity index (χ2v) is 6.35. The summed E-state index contributed by atoms with van der Waals surface area (Å²) in [5, 5.41) is 2.29. The molecule has 0 aromatic heterocycles. The molecule has 0 bridgehead atoms. The van der Waals surface area contributed by atoms with Crippen molar-refractivity contribution in [3.05, 3.63) is 65.2 Å². The van der Waals surface area contributed by atoms with Crippen LogP contribution in [0.2, 0.25) is 0 Å². The molecule has 6 heteroatoms. The second-order valence-electron chi connectivity index (χ2n) is 4.89. The molecule has 0 heterocycles. The molecule has 0 radical (unpaired) electrons. The topological polar surface area (TPSA) is 46.2 Å². The van der Waals surface area contributed by atoms with Crippen molar-refractivity contribution >= 4 is 22.4 Å². The highest BCUT2D eigenvalue weighted by Gasteiger charge is 2.12. The Morgan fingerprint density at radius 3 is 2.64 bits per heavy atom. The SMILES string of the molecule is Cc1cccc(C[S@](=O)CC(=O)Nc2ccc(F)cc2F)c1. The van der Waals surface area contributed by atoms with E-state index in [2.05, 4.69) is 5.32 Å². The van der Waals surface area contributed by atoms with Gasteiger partial charge in [-0.2, -0.15) is 0 Å². The number of halogens is 2. The first kappa shape index (κ1) is 16.3. The molecule has 0 fully saturated rings. The molecule has 2 aromatic rings. The molecule has 0 aliphatic carbocycles. The number of hydrogen-bond acceptors (Lipinski definition) is 2. The van der Waals surface area contributed by atoms with Gasteiger partial charge in [0.1, 0.15) is 17.4 Å². The normalized spacial score (nSPS) is 12.0. The number of hydrogen-bond donors (Lipinski definition) is 1. The summed E-state index contributed by atoms with van der Waals surface area (Å²) in [5.74, 6) is -2.15. The molecule has 0 aliphatic heterocycles. The summed E-state index contributed by atoms with van der Waals surface area (Å²) in [7, 11) is -1.40. The Balaban J connectivity index is 1.92. The van der Waals surface area contributed by atoms with Crippen LogP contribution in [0, 0.1) is 18.6 Å². The van der Waals surface area contributed by atoms with Gasteiger partial charge in [-0.25, -0.2) is 8.78 Å². The van der Waals surface area contributed by atoms with E-state index in [0.29, 0.717) is 6.07 Å². The van der Waals surface area contributed by atoms with Crippen LogP contribution in [0.1, 0.15) is 11.1 Å². The van der Waals surface area contributed by atoms with Gasteiger partial charge in [0.2, 0.25) is 5.91 Å². The first-order valence-electron chi connectivity index (χ1n) is 6.59. The lowest BCUT2D eigenvalue weighted by Crippen LogP contribution is -2.20. The van der Waals surface area contributed by atoms with Crippen molar-refractivity contribution in [1.82, 2.24) is 0 Å². The van der Waals surface area contributed by atoms with Crippen LogP contribution < -0.4 is 5.32 Å².